The zero-order chi connectivity index (χ0) is 14.4. The van der Waals surface area contributed by atoms with Crippen LogP contribution in [0.25, 0.3) is 0 Å². The standard InChI is InChI=1S/C15H21FN2OS/c1-11(8-12-4-2-3-5-14(12)16)18-15(19)9-13-10-20-7-6-17-13/h2-5,11,13,17H,6-10H2,1H3,(H,18,19). The quantitative estimate of drug-likeness (QED) is 0.873. The third kappa shape index (κ3) is 4.80. The molecule has 1 aliphatic heterocycles. The summed E-state index contributed by atoms with van der Waals surface area (Å²) in [4.78, 5) is 11.9. The maximum Gasteiger partial charge on any atom is 0.221 e. The largest absolute Gasteiger partial charge is 0.353 e. The summed E-state index contributed by atoms with van der Waals surface area (Å²) in [5.41, 5.74) is 0.645. The Hall–Kier alpha value is -1.07. The van der Waals surface area contributed by atoms with Crippen LogP contribution in [0, 0.1) is 5.82 Å². The first kappa shape index (κ1) is 15.3. The second kappa shape index (κ2) is 7.64. The van der Waals surface area contributed by atoms with Gasteiger partial charge in [-0.2, -0.15) is 11.8 Å². The van der Waals surface area contributed by atoms with Crippen molar-refractivity contribution in [3.8, 4) is 0 Å². The summed E-state index contributed by atoms with van der Waals surface area (Å²) >= 11 is 1.88. The Morgan fingerprint density at radius 2 is 2.35 bits per heavy atom. The van der Waals surface area contributed by atoms with Gasteiger partial charge in [0.25, 0.3) is 0 Å². The van der Waals surface area contributed by atoms with Crippen LogP contribution in [0.2, 0.25) is 0 Å². The number of benzene rings is 1. The monoisotopic (exact) mass is 296 g/mol. The van der Waals surface area contributed by atoms with E-state index >= 15 is 0 Å². The van der Waals surface area contributed by atoms with E-state index in [1.54, 1.807) is 12.1 Å². The summed E-state index contributed by atoms with van der Waals surface area (Å²) in [5, 5.41) is 6.29. The summed E-state index contributed by atoms with van der Waals surface area (Å²) in [7, 11) is 0. The van der Waals surface area contributed by atoms with E-state index in [9.17, 15) is 9.18 Å². The number of thioether (sulfide) groups is 1. The minimum absolute atomic E-state index is 0.0360. The second-order valence-electron chi connectivity index (χ2n) is 5.19. The van der Waals surface area contributed by atoms with Crippen LogP contribution in [0.15, 0.2) is 24.3 Å². The normalized spacial score (nSPS) is 20.4. The molecule has 1 fully saturated rings. The van der Waals surface area contributed by atoms with Crippen molar-refractivity contribution in [3.63, 3.8) is 0 Å². The Bertz CT molecular complexity index is 449. The van der Waals surface area contributed by atoms with Crippen LogP contribution in [0.4, 0.5) is 4.39 Å². The molecule has 3 nitrogen and oxygen atoms in total. The molecule has 1 saturated heterocycles. The van der Waals surface area contributed by atoms with Gasteiger partial charge in [-0.1, -0.05) is 18.2 Å². The molecule has 2 rings (SSSR count). The summed E-state index contributed by atoms with van der Waals surface area (Å²) in [6, 6.07) is 6.90. The van der Waals surface area contributed by atoms with Gasteiger partial charge in [-0.25, -0.2) is 4.39 Å². The average molecular weight is 296 g/mol. The highest BCUT2D eigenvalue weighted by Gasteiger charge is 2.18. The van der Waals surface area contributed by atoms with Crippen LogP contribution < -0.4 is 10.6 Å². The van der Waals surface area contributed by atoms with Gasteiger partial charge in [-0.05, 0) is 25.0 Å². The van der Waals surface area contributed by atoms with Crippen LogP contribution in [0.1, 0.15) is 18.9 Å². The van der Waals surface area contributed by atoms with Gasteiger partial charge in [-0.3, -0.25) is 4.79 Å². The molecule has 5 heteroatoms. The van der Waals surface area contributed by atoms with Gasteiger partial charge in [-0.15, -0.1) is 0 Å². The lowest BCUT2D eigenvalue weighted by molar-refractivity contribution is -0.122. The molecule has 0 saturated carbocycles. The SMILES string of the molecule is CC(Cc1ccccc1F)NC(=O)CC1CSCCN1. The van der Waals surface area contributed by atoms with Crippen molar-refractivity contribution in [2.24, 2.45) is 0 Å². The topological polar surface area (TPSA) is 41.1 Å². The maximum atomic E-state index is 13.5. The van der Waals surface area contributed by atoms with E-state index in [4.69, 9.17) is 0 Å². The Morgan fingerprint density at radius 1 is 1.55 bits per heavy atom. The number of rotatable bonds is 5. The number of hydrogen-bond acceptors (Lipinski definition) is 3. The number of halogens is 1. The fraction of sp³-hybridized carbons (Fsp3) is 0.533. The molecule has 1 aliphatic rings. The smallest absolute Gasteiger partial charge is 0.221 e. The van der Waals surface area contributed by atoms with Crippen LogP contribution in [-0.4, -0.2) is 36.0 Å². The van der Waals surface area contributed by atoms with Crippen LogP contribution >= 0.6 is 11.8 Å². The van der Waals surface area contributed by atoms with E-state index in [1.165, 1.54) is 6.07 Å². The van der Waals surface area contributed by atoms with Gasteiger partial charge in [0.2, 0.25) is 5.91 Å². The molecule has 0 spiro atoms. The van der Waals surface area contributed by atoms with Crippen molar-refractivity contribution in [1.29, 1.82) is 0 Å². The number of carbonyl (C=O) groups is 1. The van der Waals surface area contributed by atoms with Crippen molar-refractivity contribution in [1.82, 2.24) is 10.6 Å². The Kier molecular flexibility index (Phi) is 5.86. The highest BCUT2D eigenvalue weighted by molar-refractivity contribution is 7.99. The van der Waals surface area contributed by atoms with Gasteiger partial charge in [0.15, 0.2) is 0 Å². The molecule has 0 radical (unpaired) electrons. The minimum atomic E-state index is -0.209. The number of hydrogen-bond donors (Lipinski definition) is 2. The van der Waals surface area contributed by atoms with Crippen LogP contribution in [-0.2, 0) is 11.2 Å². The number of nitrogens with one attached hydrogen (secondary N) is 2. The van der Waals surface area contributed by atoms with Crippen molar-refractivity contribution in [3.05, 3.63) is 35.6 Å². The van der Waals surface area contributed by atoms with Gasteiger partial charge in [0, 0.05) is 36.6 Å². The molecule has 2 atom stereocenters. The molecule has 1 aromatic carbocycles. The summed E-state index contributed by atoms with van der Waals surface area (Å²) in [6.45, 7) is 2.88. The van der Waals surface area contributed by atoms with E-state index in [2.05, 4.69) is 10.6 Å². The van der Waals surface area contributed by atoms with E-state index in [0.717, 1.165) is 18.1 Å². The van der Waals surface area contributed by atoms with Gasteiger partial charge < -0.3 is 10.6 Å². The fourth-order valence-corrected chi connectivity index (χ4v) is 3.30. The van der Waals surface area contributed by atoms with E-state index < -0.39 is 0 Å². The lowest BCUT2D eigenvalue weighted by Gasteiger charge is -2.23. The molecule has 1 heterocycles. The van der Waals surface area contributed by atoms with Gasteiger partial charge >= 0.3 is 0 Å². The third-order valence-corrected chi connectivity index (χ3v) is 4.45. The van der Waals surface area contributed by atoms with Crippen LogP contribution in [0.3, 0.4) is 0 Å². The maximum absolute atomic E-state index is 13.5. The molecule has 1 aromatic rings. The van der Waals surface area contributed by atoms with E-state index in [0.29, 0.717) is 18.4 Å². The molecule has 1 amide bonds. The predicted octanol–water partition coefficient (Wildman–Crippen LogP) is 1.97. The zero-order valence-corrected chi connectivity index (χ0v) is 12.5. The predicted molar refractivity (Wildman–Crippen MR) is 81.4 cm³/mol. The number of carbonyl (C=O) groups excluding carboxylic acids is 1. The van der Waals surface area contributed by atoms with Gasteiger partial charge in [0.1, 0.15) is 5.82 Å². The lowest BCUT2D eigenvalue weighted by Crippen LogP contribution is -2.43. The second-order valence-corrected chi connectivity index (χ2v) is 6.34. The zero-order valence-electron chi connectivity index (χ0n) is 11.7. The highest BCUT2D eigenvalue weighted by Crippen LogP contribution is 2.11. The Balaban J connectivity index is 1.77. The Labute approximate surface area is 123 Å². The molecular formula is C15H21FN2OS. The highest BCUT2D eigenvalue weighted by atomic mass is 32.2. The molecule has 110 valence electrons. The van der Waals surface area contributed by atoms with E-state index in [-0.39, 0.29) is 23.8 Å². The molecule has 2 unspecified atom stereocenters. The van der Waals surface area contributed by atoms with Gasteiger partial charge in [0.05, 0.1) is 0 Å². The van der Waals surface area contributed by atoms with E-state index in [1.807, 2.05) is 24.8 Å². The molecule has 0 aliphatic carbocycles. The van der Waals surface area contributed by atoms with Crippen molar-refractivity contribution < 1.29 is 9.18 Å². The van der Waals surface area contributed by atoms with Crippen molar-refractivity contribution in [2.45, 2.75) is 31.8 Å². The molecular weight excluding hydrogens is 275 g/mol. The Morgan fingerprint density at radius 3 is 3.05 bits per heavy atom. The summed E-state index contributed by atoms with van der Waals surface area (Å²) in [5.74, 6) is 1.92. The minimum Gasteiger partial charge on any atom is -0.353 e. The van der Waals surface area contributed by atoms with Crippen LogP contribution in [0.5, 0.6) is 0 Å². The van der Waals surface area contributed by atoms with Crippen molar-refractivity contribution in [2.75, 3.05) is 18.1 Å². The first-order valence-corrected chi connectivity index (χ1v) is 8.14. The summed E-state index contributed by atoms with van der Waals surface area (Å²) in [6.07, 6.45) is 1.01. The number of amides is 1. The summed E-state index contributed by atoms with van der Waals surface area (Å²) < 4.78 is 13.5. The molecule has 20 heavy (non-hydrogen) atoms. The first-order valence-electron chi connectivity index (χ1n) is 6.99. The van der Waals surface area contributed by atoms with Crippen molar-refractivity contribution >= 4 is 17.7 Å². The molecule has 0 bridgehead atoms. The lowest BCUT2D eigenvalue weighted by atomic mass is 10.1. The molecule has 2 N–H and O–H groups in total. The third-order valence-electron chi connectivity index (χ3n) is 3.32. The first-order chi connectivity index (χ1) is 9.65. The molecule has 0 aromatic heterocycles. The average Bonchev–Trinajstić information content (AvgIpc) is 2.42. The fourth-order valence-electron chi connectivity index (χ4n) is 2.35.